The van der Waals surface area contributed by atoms with Crippen molar-refractivity contribution in [2.75, 3.05) is 6.61 Å². The zero-order valence-electron chi connectivity index (χ0n) is 35.2. The minimum atomic E-state index is -2.39. The highest BCUT2D eigenvalue weighted by Crippen LogP contribution is 2.64. The maximum Gasteiger partial charge on any atom is 0.338 e. The Labute approximate surface area is 358 Å². The van der Waals surface area contributed by atoms with Crippen molar-refractivity contribution in [2.24, 2.45) is 16.7 Å². The standard InChI is InChI=1S/C47H51NO14/c1-25-31(60-43(56)36(52)35(28-16-10-7-11-17-28)48-41(54)29-18-12-8-13-19-29)23-47(57)40(61-42(55)30-20-14-9-15-21-30)38-45(6,32(51)22-33-46(38,24-58-33)62-27(3)50)39(53)37(59-26(2)49)34(25)44(47,4)5/h7-21,31-33,35-38,40,51-52,57H,22-24H2,1-6H3,(H,48,54)/t31?,32?,33?,35?,36?,37?,38?,40?,45-,46?,47?/m1/s1. The molecule has 2 bridgehead atoms. The smallest absolute Gasteiger partial charge is 0.338 e. The summed E-state index contributed by atoms with van der Waals surface area (Å²) in [6.45, 7) is 7.97. The minimum Gasteiger partial charge on any atom is -0.456 e. The van der Waals surface area contributed by atoms with Gasteiger partial charge in [0.05, 0.1) is 35.6 Å². The van der Waals surface area contributed by atoms with E-state index in [1.165, 1.54) is 26.0 Å². The van der Waals surface area contributed by atoms with Crippen LogP contribution in [0.2, 0.25) is 0 Å². The van der Waals surface area contributed by atoms with Gasteiger partial charge < -0.3 is 44.3 Å². The Balaban J connectivity index is 1.39. The van der Waals surface area contributed by atoms with E-state index in [1.54, 1.807) is 92.7 Å². The summed E-state index contributed by atoms with van der Waals surface area (Å²) in [6, 6.07) is 22.9. The van der Waals surface area contributed by atoms with Gasteiger partial charge in [-0.1, -0.05) is 80.6 Å². The zero-order chi connectivity index (χ0) is 44.9. The van der Waals surface area contributed by atoms with Crippen molar-refractivity contribution < 1.29 is 67.8 Å². The fraction of sp³-hybridized carbons (Fsp3) is 0.447. The predicted molar refractivity (Wildman–Crippen MR) is 218 cm³/mol. The van der Waals surface area contributed by atoms with Crippen molar-refractivity contribution in [1.29, 1.82) is 0 Å². The Kier molecular flexibility index (Phi) is 11.8. The molecule has 62 heavy (non-hydrogen) atoms. The lowest BCUT2D eigenvalue weighted by molar-refractivity contribution is -0.346. The molecule has 1 aliphatic heterocycles. The highest BCUT2D eigenvalue weighted by atomic mass is 16.6. The third-order valence-electron chi connectivity index (χ3n) is 13.5. The Bertz CT molecular complexity index is 2280. The van der Waals surface area contributed by atoms with Gasteiger partial charge in [-0.3, -0.25) is 19.2 Å². The summed E-state index contributed by atoms with van der Waals surface area (Å²) >= 11 is 0. The van der Waals surface area contributed by atoms with Crippen LogP contribution < -0.4 is 5.32 Å². The van der Waals surface area contributed by atoms with E-state index in [2.05, 4.69) is 5.32 Å². The van der Waals surface area contributed by atoms with Crippen molar-refractivity contribution in [3.63, 3.8) is 0 Å². The number of esters is 4. The average molecular weight is 854 g/mol. The van der Waals surface area contributed by atoms with Gasteiger partial charge in [-0.25, -0.2) is 9.59 Å². The molecule has 328 valence electrons. The molecule has 3 fully saturated rings. The number of aliphatic hydroxyl groups excluding tert-OH is 2. The molecule has 1 heterocycles. The summed E-state index contributed by atoms with van der Waals surface area (Å²) in [6.07, 6.45) is -10.5. The Hall–Kier alpha value is -5.74. The van der Waals surface area contributed by atoms with E-state index in [0.29, 0.717) is 5.56 Å². The normalized spacial score (nSPS) is 31.9. The molecular weight excluding hydrogens is 803 g/mol. The molecular formula is C47H51NO14. The van der Waals surface area contributed by atoms with Crippen molar-refractivity contribution in [3.8, 4) is 0 Å². The topological polar surface area (TPSA) is 221 Å². The molecule has 10 unspecified atom stereocenters. The van der Waals surface area contributed by atoms with Gasteiger partial charge in [0.15, 0.2) is 23.6 Å². The summed E-state index contributed by atoms with van der Waals surface area (Å²) < 4.78 is 30.3. The molecule has 0 aromatic heterocycles. The summed E-state index contributed by atoms with van der Waals surface area (Å²) in [5.41, 5.74) is -7.02. The van der Waals surface area contributed by atoms with Gasteiger partial charge in [-0.15, -0.1) is 0 Å². The number of carbonyl (C=O) groups is 6. The molecule has 15 nitrogen and oxygen atoms in total. The quantitative estimate of drug-likeness (QED) is 0.130. The van der Waals surface area contributed by atoms with Gasteiger partial charge in [-0.2, -0.15) is 0 Å². The van der Waals surface area contributed by atoms with Gasteiger partial charge in [0, 0.05) is 37.7 Å². The van der Waals surface area contributed by atoms with E-state index in [1.807, 2.05) is 0 Å². The molecule has 15 heteroatoms. The second-order valence-electron chi connectivity index (χ2n) is 17.4. The highest BCUT2D eigenvalue weighted by Gasteiger charge is 2.78. The molecule has 7 rings (SSSR count). The monoisotopic (exact) mass is 853 g/mol. The van der Waals surface area contributed by atoms with Crippen molar-refractivity contribution >= 4 is 35.6 Å². The first-order valence-electron chi connectivity index (χ1n) is 20.5. The fourth-order valence-electron chi connectivity index (χ4n) is 10.2. The third kappa shape index (κ3) is 7.29. The van der Waals surface area contributed by atoms with Crippen LogP contribution in [0.25, 0.3) is 0 Å². The number of carbonyl (C=O) groups excluding carboxylic acids is 6. The van der Waals surface area contributed by atoms with E-state index < -0.39 is 113 Å². The average Bonchev–Trinajstić information content (AvgIpc) is 3.24. The molecule has 4 N–H and O–H groups in total. The van der Waals surface area contributed by atoms with Crippen molar-refractivity contribution in [3.05, 3.63) is 119 Å². The molecule has 0 radical (unpaired) electrons. The van der Waals surface area contributed by atoms with Crippen molar-refractivity contribution in [1.82, 2.24) is 5.32 Å². The van der Waals surface area contributed by atoms with Gasteiger partial charge >= 0.3 is 23.9 Å². The molecule has 11 atom stereocenters. The number of nitrogens with one attached hydrogen (secondary N) is 1. The van der Waals surface area contributed by atoms with Gasteiger partial charge in [0.2, 0.25) is 0 Å². The lowest BCUT2D eigenvalue weighted by atomic mass is 9.44. The molecule has 2 saturated carbocycles. The second-order valence-corrected chi connectivity index (χ2v) is 17.4. The van der Waals surface area contributed by atoms with Crippen molar-refractivity contribution in [2.45, 2.75) is 108 Å². The molecule has 3 aromatic carbocycles. The highest BCUT2D eigenvalue weighted by molar-refractivity contribution is 5.96. The molecule has 3 aliphatic carbocycles. The van der Waals surface area contributed by atoms with Crippen LogP contribution in [-0.2, 0) is 42.9 Å². The Morgan fingerprint density at radius 3 is 1.95 bits per heavy atom. The number of hydrogen-bond donors (Lipinski definition) is 4. The van der Waals surface area contributed by atoms with E-state index in [9.17, 15) is 39.3 Å². The zero-order valence-corrected chi connectivity index (χ0v) is 35.2. The Morgan fingerprint density at radius 2 is 1.40 bits per heavy atom. The maximum absolute atomic E-state index is 15.5. The molecule has 4 aliphatic rings. The first-order chi connectivity index (χ1) is 29.3. The number of ketones is 1. The van der Waals surface area contributed by atoms with E-state index >= 15 is 4.79 Å². The molecule has 3 aromatic rings. The lowest BCUT2D eigenvalue weighted by Crippen LogP contribution is -2.82. The number of rotatable bonds is 10. The van der Waals surface area contributed by atoms with E-state index in [0.717, 1.165) is 13.8 Å². The first kappa shape index (κ1) is 44.3. The summed E-state index contributed by atoms with van der Waals surface area (Å²) in [5.74, 6) is -6.84. The number of fused-ring (bicyclic) bond motifs is 5. The van der Waals surface area contributed by atoms with Crippen LogP contribution in [0.4, 0.5) is 0 Å². The molecule has 1 saturated heterocycles. The Morgan fingerprint density at radius 1 is 0.823 bits per heavy atom. The van der Waals surface area contributed by atoms with Crippen LogP contribution in [0.1, 0.15) is 86.7 Å². The minimum absolute atomic E-state index is 0.00289. The first-order valence-corrected chi connectivity index (χ1v) is 20.5. The van der Waals surface area contributed by atoms with Crippen LogP contribution in [0, 0.1) is 16.7 Å². The van der Waals surface area contributed by atoms with Gasteiger partial charge in [0.25, 0.3) is 5.91 Å². The number of ether oxygens (including phenoxy) is 5. The fourth-order valence-corrected chi connectivity index (χ4v) is 10.2. The molecule has 1 amide bonds. The SMILES string of the molecule is CC(=O)OC1C(=O)[C@]2(C)C(O)CC3OCC3(OC(C)=O)C2C(OC(=O)c2ccccc2)C2(O)CC(OC(=O)C(O)C(NC(=O)c3ccccc3)c3ccccc3)C(C)=C1C2(C)C. The van der Waals surface area contributed by atoms with Crippen LogP contribution in [0.3, 0.4) is 0 Å². The van der Waals surface area contributed by atoms with Crippen LogP contribution >= 0.6 is 0 Å². The van der Waals surface area contributed by atoms with Crippen LogP contribution in [0.15, 0.2) is 102 Å². The number of aliphatic hydroxyl groups is 3. The number of Topliss-reactive ketones (excluding diaryl/α,β-unsaturated/α-hetero) is 1. The summed E-state index contributed by atoms with van der Waals surface area (Å²) in [5, 5.41) is 40.2. The summed E-state index contributed by atoms with van der Waals surface area (Å²) in [4.78, 5) is 83.5. The summed E-state index contributed by atoms with van der Waals surface area (Å²) in [7, 11) is 0. The van der Waals surface area contributed by atoms with Gasteiger partial charge in [-0.05, 0) is 54.8 Å². The van der Waals surface area contributed by atoms with Crippen LogP contribution in [-0.4, -0.2) is 105 Å². The number of hydrogen-bond acceptors (Lipinski definition) is 14. The predicted octanol–water partition coefficient (Wildman–Crippen LogP) is 3.74. The maximum atomic E-state index is 15.5. The van der Waals surface area contributed by atoms with Gasteiger partial charge in [0.1, 0.15) is 23.9 Å². The van der Waals surface area contributed by atoms with Crippen LogP contribution in [0.5, 0.6) is 0 Å². The van der Waals surface area contributed by atoms with E-state index in [4.69, 9.17) is 23.7 Å². The number of benzene rings is 3. The number of amides is 1. The second kappa shape index (κ2) is 16.5. The largest absolute Gasteiger partial charge is 0.456 e. The lowest BCUT2D eigenvalue weighted by Gasteiger charge is -2.67. The van der Waals surface area contributed by atoms with E-state index in [-0.39, 0.29) is 35.3 Å². The molecule has 0 spiro atoms. The third-order valence-corrected chi connectivity index (χ3v) is 13.5.